The molecule has 8 bridgehead atoms. The van der Waals surface area contributed by atoms with Crippen LogP contribution in [0.4, 0.5) is 11.4 Å². The highest BCUT2D eigenvalue weighted by Crippen LogP contribution is 2.45. The number of hydrogen-bond acceptors (Lipinski definition) is 6. The number of aryl methyl sites for hydroxylation is 4. The minimum atomic E-state index is -0.324. The monoisotopic (exact) mass is 624 g/mol. The lowest BCUT2D eigenvalue weighted by atomic mass is 9.96. The second-order valence-electron chi connectivity index (χ2n) is 11.7. The molecule has 2 aliphatic heterocycles. The van der Waals surface area contributed by atoms with E-state index in [1.807, 2.05) is 67.5 Å². The summed E-state index contributed by atoms with van der Waals surface area (Å²) in [7, 11) is 0. The summed E-state index contributed by atoms with van der Waals surface area (Å²) in [6.45, 7) is 16.2. The molecule has 0 saturated heterocycles. The zero-order chi connectivity index (χ0) is 33.4. The third-order valence-corrected chi connectivity index (χ3v) is 9.56. The Morgan fingerprint density at radius 2 is 0.870 bits per heavy atom. The summed E-state index contributed by atoms with van der Waals surface area (Å²) in [5.41, 5.74) is 11.7. The van der Waals surface area contributed by atoms with Gasteiger partial charge in [0, 0.05) is 11.0 Å². The number of hydrogen-bond donors (Lipinski definition) is 2. The van der Waals surface area contributed by atoms with Gasteiger partial charge < -0.3 is 9.97 Å². The van der Waals surface area contributed by atoms with E-state index in [9.17, 15) is 20.2 Å². The molecule has 0 spiro atoms. The number of fused-ring (bicyclic) bond motifs is 8. The minimum Gasteiger partial charge on any atom is -0.349 e. The summed E-state index contributed by atoms with van der Waals surface area (Å²) in [5, 5.41) is 26.0. The Labute approximate surface area is 269 Å². The van der Waals surface area contributed by atoms with Crippen molar-refractivity contribution in [2.24, 2.45) is 0 Å². The Kier molecular flexibility index (Phi) is 9.28. The lowest BCUT2D eigenvalue weighted by Gasteiger charge is -2.06. The molecule has 3 aromatic heterocycles. The van der Waals surface area contributed by atoms with Gasteiger partial charge in [-0.25, -0.2) is 9.97 Å². The zero-order valence-corrected chi connectivity index (χ0v) is 28.2. The molecule has 0 aliphatic carbocycles. The molecule has 2 N–H and O–H groups in total. The predicted molar refractivity (Wildman–Crippen MR) is 187 cm³/mol. The first-order valence-corrected chi connectivity index (χ1v) is 16.7. The van der Waals surface area contributed by atoms with Crippen LogP contribution in [0.1, 0.15) is 126 Å². The largest absolute Gasteiger partial charge is 0.349 e. The quantitative estimate of drug-likeness (QED) is 0.170. The molecule has 0 radical (unpaired) electrons. The maximum absolute atomic E-state index is 13.0. The standard InChI is InChI=1S/C36H44N6O4/c1-9-19-23(13-5)31-35(41(43)44)32-25(15-7)21(11-3)29(39-32)18-30-22(12-4)26(16-8)34(40-30)36(42(45)46)33-24(14-6)20(10-2)28(38-33)17-27(19)37-31/h17-18,37,39H,9-16H2,1-8H3. The fourth-order valence-electron chi connectivity index (χ4n) is 7.59. The van der Waals surface area contributed by atoms with Gasteiger partial charge in [0.2, 0.25) is 0 Å². The number of allylic oxidation sites excluding steroid dienone is 4. The van der Waals surface area contributed by atoms with Crippen LogP contribution >= 0.6 is 0 Å². The van der Waals surface area contributed by atoms with Crippen LogP contribution in [0.15, 0.2) is 12.1 Å². The number of aromatic amines is 2. The van der Waals surface area contributed by atoms with Crippen LogP contribution < -0.4 is 0 Å². The molecule has 3 aromatic rings. The number of nitrogens with zero attached hydrogens (tertiary/aromatic N) is 4. The fraction of sp³-hybridized carbons (Fsp3) is 0.444. The lowest BCUT2D eigenvalue weighted by molar-refractivity contribution is -0.385. The Morgan fingerprint density at radius 3 is 1.15 bits per heavy atom. The van der Waals surface area contributed by atoms with Crippen molar-refractivity contribution in [1.82, 2.24) is 19.9 Å². The summed E-state index contributed by atoms with van der Waals surface area (Å²) in [5.74, 6) is 0. The summed E-state index contributed by atoms with van der Waals surface area (Å²) < 4.78 is 0. The van der Waals surface area contributed by atoms with Crippen LogP contribution in [0.3, 0.4) is 0 Å². The topological polar surface area (TPSA) is 144 Å². The van der Waals surface area contributed by atoms with Gasteiger partial charge in [-0.05, 0) is 108 Å². The van der Waals surface area contributed by atoms with Gasteiger partial charge in [0.1, 0.15) is 22.4 Å². The number of nitro groups is 2. The number of nitrogens with one attached hydrogen (secondary N) is 2. The van der Waals surface area contributed by atoms with E-state index in [4.69, 9.17) is 9.97 Å². The molecule has 0 saturated carbocycles. The van der Waals surface area contributed by atoms with E-state index in [0.29, 0.717) is 85.2 Å². The Hall–Kier alpha value is -4.60. The third kappa shape index (κ3) is 5.04. The molecule has 0 unspecified atom stereocenters. The smallest absolute Gasteiger partial charge is 0.320 e. The second-order valence-corrected chi connectivity index (χ2v) is 11.7. The Bertz CT molecular complexity index is 1870. The molecule has 0 amide bonds. The van der Waals surface area contributed by atoms with E-state index in [1.54, 1.807) is 0 Å². The van der Waals surface area contributed by atoms with Crippen molar-refractivity contribution in [3.8, 4) is 0 Å². The Morgan fingerprint density at radius 1 is 0.522 bits per heavy atom. The average molecular weight is 625 g/mol. The van der Waals surface area contributed by atoms with Gasteiger partial charge in [-0.3, -0.25) is 20.2 Å². The van der Waals surface area contributed by atoms with E-state index >= 15 is 0 Å². The van der Waals surface area contributed by atoms with Crippen molar-refractivity contribution in [3.63, 3.8) is 0 Å². The van der Waals surface area contributed by atoms with Crippen LogP contribution in [0.2, 0.25) is 0 Å². The fourth-order valence-corrected chi connectivity index (χ4v) is 7.59. The first kappa shape index (κ1) is 32.8. The minimum absolute atomic E-state index is 0.0238. The van der Waals surface area contributed by atoms with Crippen molar-refractivity contribution < 1.29 is 9.85 Å². The summed E-state index contributed by atoms with van der Waals surface area (Å²) in [6.07, 6.45) is 4.91. The van der Waals surface area contributed by atoms with E-state index in [0.717, 1.165) is 55.6 Å². The van der Waals surface area contributed by atoms with E-state index in [1.165, 1.54) is 0 Å². The molecular weight excluding hydrogens is 580 g/mol. The van der Waals surface area contributed by atoms with Gasteiger partial charge in [0.25, 0.3) is 0 Å². The molecule has 10 nitrogen and oxygen atoms in total. The predicted octanol–water partition coefficient (Wildman–Crippen LogP) is 9.84. The van der Waals surface area contributed by atoms with Gasteiger partial charge >= 0.3 is 11.4 Å². The summed E-state index contributed by atoms with van der Waals surface area (Å²) in [6, 6.07) is 3.86. The normalized spacial score (nSPS) is 13.2. The molecule has 10 heteroatoms. The first-order valence-electron chi connectivity index (χ1n) is 16.7. The number of aromatic nitrogens is 4. The van der Waals surface area contributed by atoms with Gasteiger partial charge in [-0.15, -0.1) is 0 Å². The maximum Gasteiger partial charge on any atom is 0.320 e. The summed E-state index contributed by atoms with van der Waals surface area (Å²) >= 11 is 0. The molecule has 5 heterocycles. The van der Waals surface area contributed by atoms with Crippen molar-refractivity contribution in [2.75, 3.05) is 0 Å². The highest BCUT2D eigenvalue weighted by molar-refractivity contribution is 6.00. The van der Waals surface area contributed by atoms with Crippen molar-refractivity contribution in [1.29, 1.82) is 0 Å². The highest BCUT2D eigenvalue weighted by Gasteiger charge is 2.33. The number of rotatable bonds is 10. The molecule has 2 aliphatic rings. The highest BCUT2D eigenvalue weighted by atomic mass is 16.6. The lowest BCUT2D eigenvalue weighted by Crippen LogP contribution is -1.99. The molecular formula is C36H44N6O4. The molecule has 0 atom stereocenters. The van der Waals surface area contributed by atoms with E-state index in [2.05, 4.69) is 9.97 Å². The van der Waals surface area contributed by atoms with Gasteiger partial charge in [-0.2, -0.15) is 0 Å². The molecule has 0 aromatic carbocycles. The summed E-state index contributed by atoms with van der Waals surface area (Å²) in [4.78, 5) is 42.3. The number of H-pyrrole nitrogens is 2. The maximum atomic E-state index is 13.0. The first-order chi connectivity index (χ1) is 22.1. The molecule has 242 valence electrons. The Balaban J connectivity index is 2.20. The van der Waals surface area contributed by atoms with Crippen LogP contribution in [-0.2, 0) is 25.7 Å². The van der Waals surface area contributed by atoms with Gasteiger partial charge in [-0.1, -0.05) is 55.4 Å². The van der Waals surface area contributed by atoms with E-state index in [-0.39, 0.29) is 21.2 Å². The van der Waals surface area contributed by atoms with Crippen LogP contribution in [0.25, 0.3) is 44.4 Å². The van der Waals surface area contributed by atoms with Crippen molar-refractivity contribution >= 4 is 55.7 Å². The van der Waals surface area contributed by atoms with Gasteiger partial charge in [0.15, 0.2) is 0 Å². The third-order valence-electron chi connectivity index (χ3n) is 9.56. The zero-order valence-electron chi connectivity index (χ0n) is 28.2. The second kappa shape index (κ2) is 13.0. The van der Waals surface area contributed by atoms with Crippen molar-refractivity contribution in [3.05, 3.63) is 77.4 Å². The van der Waals surface area contributed by atoms with Crippen molar-refractivity contribution in [2.45, 2.75) is 107 Å². The molecule has 5 rings (SSSR count). The van der Waals surface area contributed by atoms with E-state index < -0.39 is 0 Å². The molecule has 0 fully saturated rings. The molecule has 46 heavy (non-hydrogen) atoms. The van der Waals surface area contributed by atoms with Crippen LogP contribution in [0, 0.1) is 20.2 Å². The van der Waals surface area contributed by atoms with Crippen LogP contribution in [0.5, 0.6) is 0 Å². The van der Waals surface area contributed by atoms with Gasteiger partial charge in [0.05, 0.1) is 21.2 Å². The SMILES string of the molecule is CCC1=C(CC)c2nc1cc1[nH]c(c(CC)c1CC)c([N+](=O)[O-])c1[nH]c(cc3nc(c2[N+](=O)[O-])C(CC)=C3CC)c(CC)c1CC. The average Bonchev–Trinajstić information content (AvgIpc) is 3.76. The van der Waals surface area contributed by atoms with Crippen LogP contribution in [-0.4, -0.2) is 29.8 Å².